The lowest BCUT2D eigenvalue weighted by Crippen LogP contribution is -2.30. The summed E-state index contributed by atoms with van der Waals surface area (Å²) >= 11 is 0. The van der Waals surface area contributed by atoms with E-state index >= 15 is 0 Å². The largest absolute Gasteiger partial charge is 0.385 e. The molecule has 1 aromatic rings. The van der Waals surface area contributed by atoms with Crippen LogP contribution in [0.1, 0.15) is 18.0 Å². The lowest BCUT2D eigenvalue weighted by Gasteiger charge is -2.21. The van der Waals surface area contributed by atoms with Crippen LogP contribution < -0.4 is 5.73 Å². The summed E-state index contributed by atoms with van der Waals surface area (Å²) in [5.41, 5.74) is 6.11. The second-order valence-corrected chi connectivity index (χ2v) is 4.38. The van der Waals surface area contributed by atoms with Crippen LogP contribution >= 0.6 is 0 Å². The van der Waals surface area contributed by atoms with Crippen LogP contribution in [-0.4, -0.2) is 38.8 Å². The molecule has 0 amide bonds. The Balaban J connectivity index is 2.53. The smallest absolute Gasteiger partial charge is 0.128 e. The predicted molar refractivity (Wildman–Crippen MR) is 67.3 cm³/mol. The van der Waals surface area contributed by atoms with Gasteiger partial charge in [-0.25, -0.2) is 8.78 Å². The van der Waals surface area contributed by atoms with Crippen molar-refractivity contribution in [3.05, 3.63) is 35.4 Å². The van der Waals surface area contributed by atoms with Crippen LogP contribution in [0.15, 0.2) is 18.2 Å². The number of nitrogens with zero attached hydrogens (tertiary/aromatic N) is 1. The molecule has 1 atom stereocenters. The zero-order valence-electron chi connectivity index (χ0n) is 10.8. The number of likely N-dealkylation sites (N-methyl/N-ethyl adjacent to an activating group) is 1. The predicted octanol–water partition coefficient (Wildman–Crippen LogP) is 1.93. The van der Waals surface area contributed by atoms with Gasteiger partial charge in [-0.2, -0.15) is 0 Å². The standard InChI is InChI=1S/C13H20F2N2O/c1-17(6-3-7-18-2)9-13(16)11-8-10(14)4-5-12(11)15/h4-5,8,13H,3,6-7,9,16H2,1-2H3. The van der Waals surface area contributed by atoms with Crippen LogP contribution in [0, 0.1) is 11.6 Å². The lowest BCUT2D eigenvalue weighted by atomic mass is 10.1. The third kappa shape index (κ3) is 4.68. The Morgan fingerprint density at radius 1 is 1.39 bits per heavy atom. The van der Waals surface area contributed by atoms with E-state index in [0.717, 1.165) is 31.2 Å². The molecular weight excluding hydrogens is 238 g/mol. The first-order valence-electron chi connectivity index (χ1n) is 5.92. The highest BCUT2D eigenvalue weighted by atomic mass is 19.1. The van der Waals surface area contributed by atoms with Crippen molar-refractivity contribution in [3.8, 4) is 0 Å². The van der Waals surface area contributed by atoms with Crippen molar-refractivity contribution in [3.63, 3.8) is 0 Å². The Labute approximate surface area is 107 Å². The van der Waals surface area contributed by atoms with Crippen LogP contribution in [0.3, 0.4) is 0 Å². The Hall–Kier alpha value is -1.04. The molecule has 3 nitrogen and oxygen atoms in total. The molecule has 1 rings (SSSR count). The fourth-order valence-corrected chi connectivity index (χ4v) is 1.80. The van der Waals surface area contributed by atoms with Gasteiger partial charge in [0.05, 0.1) is 0 Å². The van der Waals surface area contributed by atoms with E-state index in [1.807, 2.05) is 11.9 Å². The number of benzene rings is 1. The molecule has 0 spiro atoms. The Kier molecular flexibility index (Phi) is 6.18. The van der Waals surface area contributed by atoms with Crippen molar-refractivity contribution in [2.75, 3.05) is 33.9 Å². The van der Waals surface area contributed by atoms with Crippen LogP contribution in [0.2, 0.25) is 0 Å². The molecule has 18 heavy (non-hydrogen) atoms. The Bertz CT molecular complexity index is 374. The van der Waals surface area contributed by atoms with Crippen LogP contribution in [-0.2, 0) is 4.74 Å². The molecule has 1 aromatic carbocycles. The van der Waals surface area contributed by atoms with E-state index < -0.39 is 17.7 Å². The quantitative estimate of drug-likeness (QED) is 0.760. The molecule has 2 N–H and O–H groups in total. The maximum absolute atomic E-state index is 13.5. The number of hydrogen-bond acceptors (Lipinski definition) is 3. The summed E-state index contributed by atoms with van der Waals surface area (Å²) in [6.07, 6.45) is 0.880. The van der Waals surface area contributed by atoms with E-state index in [0.29, 0.717) is 13.2 Å². The van der Waals surface area contributed by atoms with E-state index in [1.54, 1.807) is 7.11 Å². The van der Waals surface area contributed by atoms with Gasteiger partial charge in [-0.15, -0.1) is 0 Å². The first kappa shape index (κ1) is 15.0. The Morgan fingerprint density at radius 2 is 2.11 bits per heavy atom. The summed E-state index contributed by atoms with van der Waals surface area (Å²) in [5.74, 6) is -0.932. The molecule has 0 heterocycles. The summed E-state index contributed by atoms with van der Waals surface area (Å²) in [4.78, 5) is 1.98. The van der Waals surface area contributed by atoms with Crippen molar-refractivity contribution in [1.29, 1.82) is 0 Å². The molecule has 0 radical (unpaired) electrons. The molecule has 0 saturated heterocycles. The average molecular weight is 258 g/mol. The minimum atomic E-state index is -0.534. The van der Waals surface area contributed by atoms with Gasteiger partial charge in [-0.3, -0.25) is 0 Å². The molecule has 0 aliphatic carbocycles. The van der Waals surface area contributed by atoms with Crippen LogP contribution in [0.25, 0.3) is 0 Å². The van der Waals surface area contributed by atoms with Crippen molar-refractivity contribution < 1.29 is 13.5 Å². The van der Waals surface area contributed by atoms with Crippen molar-refractivity contribution in [2.24, 2.45) is 5.73 Å². The molecule has 0 saturated carbocycles. The second kappa shape index (κ2) is 7.41. The fraction of sp³-hybridized carbons (Fsp3) is 0.538. The first-order valence-corrected chi connectivity index (χ1v) is 5.92. The monoisotopic (exact) mass is 258 g/mol. The molecule has 0 aliphatic rings. The van der Waals surface area contributed by atoms with Gasteiger partial charge in [-0.1, -0.05) is 0 Å². The van der Waals surface area contributed by atoms with E-state index in [1.165, 1.54) is 0 Å². The van der Waals surface area contributed by atoms with E-state index in [9.17, 15) is 8.78 Å². The third-order valence-electron chi connectivity index (χ3n) is 2.75. The van der Waals surface area contributed by atoms with Gasteiger partial charge < -0.3 is 15.4 Å². The van der Waals surface area contributed by atoms with Gasteiger partial charge in [0, 0.05) is 38.4 Å². The molecule has 0 bridgehead atoms. The molecular formula is C13H20F2N2O. The number of halogens is 2. The molecule has 0 aromatic heterocycles. The van der Waals surface area contributed by atoms with Crippen molar-refractivity contribution in [1.82, 2.24) is 4.90 Å². The Morgan fingerprint density at radius 3 is 2.78 bits per heavy atom. The number of ether oxygens (including phenoxy) is 1. The number of nitrogens with two attached hydrogens (primary N) is 1. The van der Waals surface area contributed by atoms with E-state index in [2.05, 4.69) is 0 Å². The number of methoxy groups -OCH3 is 1. The highest BCUT2D eigenvalue weighted by molar-refractivity contribution is 5.22. The fourth-order valence-electron chi connectivity index (χ4n) is 1.80. The van der Waals surface area contributed by atoms with Gasteiger partial charge in [0.1, 0.15) is 11.6 Å². The maximum Gasteiger partial charge on any atom is 0.128 e. The van der Waals surface area contributed by atoms with Crippen molar-refractivity contribution >= 4 is 0 Å². The molecule has 0 aliphatic heterocycles. The summed E-state index contributed by atoms with van der Waals surface area (Å²) in [6.45, 7) is 1.95. The maximum atomic E-state index is 13.5. The topological polar surface area (TPSA) is 38.5 Å². The molecule has 1 unspecified atom stereocenters. The molecule has 0 fully saturated rings. The van der Waals surface area contributed by atoms with E-state index in [4.69, 9.17) is 10.5 Å². The normalized spacial score (nSPS) is 13.0. The highest BCUT2D eigenvalue weighted by Crippen LogP contribution is 2.17. The summed E-state index contributed by atoms with van der Waals surface area (Å²) in [6, 6.07) is 2.82. The average Bonchev–Trinajstić information content (AvgIpc) is 2.32. The van der Waals surface area contributed by atoms with Crippen molar-refractivity contribution in [2.45, 2.75) is 12.5 Å². The summed E-state index contributed by atoms with van der Waals surface area (Å²) < 4.78 is 31.5. The minimum Gasteiger partial charge on any atom is -0.385 e. The lowest BCUT2D eigenvalue weighted by molar-refractivity contribution is 0.177. The molecule has 5 heteroatoms. The van der Waals surface area contributed by atoms with Gasteiger partial charge in [0.2, 0.25) is 0 Å². The van der Waals surface area contributed by atoms with Crippen LogP contribution in [0.5, 0.6) is 0 Å². The zero-order chi connectivity index (χ0) is 13.5. The SMILES string of the molecule is COCCCN(C)CC(N)c1cc(F)ccc1F. The second-order valence-electron chi connectivity index (χ2n) is 4.38. The third-order valence-corrected chi connectivity index (χ3v) is 2.75. The van der Waals surface area contributed by atoms with Gasteiger partial charge in [-0.05, 0) is 31.7 Å². The summed E-state index contributed by atoms with van der Waals surface area (Å²) in [7, 11) is 3.54. The zero-order valence-corrected chi connectivity index (χ0v) is 10.8. The van der Waals surface area contributed by atoms with Gasteiger partial charge >= 0.3 is 0 Å². The first-order chi connectivity index (χ1) is 8.54. The number of rotatable bonds is 7. The minimum absolute atomic E-state index is 0.216. The molecule has 102 valence electrons. The van der Waals surface area contributed by atoms with Gasteiger partial charge in [0.25, 0.3) is 0 Å². The summed E-state index contributed by atoms with van der Waals surface area (Å²) in [5, 5.41) is 0. The highest BCUT2D eigenvalue weighted by Gasteiger charge is 2.14. The van der Waals surface area contributed by atoms with Crippen LogP contribution in [0.4, 0.5) is 8.78 Å². The number of hydrogen-bond donors (Lipinski definition) is 1. The van der Waals surface area contributed by atoms with Gasteiger partial charge in [0.15, 0.2) is 0 Å². The van der Waals surface area contributed by atoms with E-state index in [-0.39, 0.29) is 5.56 Å².